The van der Waals surface area contributed by atoms with Gasteiger partial charge < -0.3 is 14.2 Å². The van der Waals surface area contributed by atoms with E-state index in [4.69, 9.17) is 14.2 Å². The lowest BCUT2D eigenvalue weighted by atomic mass is 10.3. The van der Waals surface area contributed by atoms with Gasteiger partial charge >= 0.3 is 17.7 Å². The highest BCUT2D eigenvalue weighted by atomic mass is 16.8. The summed E-state index contributed by atoms with van der Waals surface area (Å²) in [7, 11) is 0. The van der Waals surface area contributed by atoms with Crippen molar-refractivity contribution in [3.8, 4) is 0 Å². The highest BCUT2D eigenvalue weighted by molar-refractivity contribution is 5.93. The summed E-state index contributed by atoms with van der Waals surface area (Å²) in [6, 6.07) is 0. The SMILES string of the molecule is C/C=C1\OC(C)(C(=O)OCC)OC1=O. The molecule has 0 saturated carbocycles. The second kappa shape index (κ2) is 3.69. The van der Waals surface area contributed by atoms with Crippen LogP contribution in [-0.4, -0.2) is 24.3 Å². The first-order valence-electron chi connectivity index (χ1n) is 4.29. The average Bonchev–Trinajstić information content (AvgIpc) is 2.43. The summed E-state index contributed by atoms with van der Waals surface area (Å²) in [6.07, 6.45) is 1.44. The van der Waals surface area contributed by atoms with Gasteiger partial charge in [-0.05, 0) is 19.9 Å². The van der Waals surface area contributed by atoms with Crippen LogP contribution in [0.5, 0.6) is 0 Å². The largest absolute Gasteiger partial charge is 0.460 e. The number of ether oxygens (including phenoxy) is 3. The van der Waals surface area contributed by atoms with Crippen LogP contribution in [0.1, 0.15) is 20.8 Å². The second-order valence-electron chi connectivity index (χ2n) is 2.81. The predicted molar refractivity (Wildman–Crippen MR) is 46.0 cm³/mol. The van der Waals surface area contributed by atoms with Gasteiger partial charge in [-0.3, -0.25) is 0 Å². The molecule has 1 aliphatic heterocycles. The van der Waals surface area contributed by atoms with Gasteiger partial charge in [-0.15, -0.1) is 0 Å². The van der Waals surface area contributed by atoms with Gasteiger partial charge in [0.15, 0.2) is 0 Å². The molecule has 1 saturated heterocycles. The molecule has 0 aromatic rings. The Morgan fingerprint density at radius 2 is 2.21 bits per heavy atom. The summed E-state index contributed by atoms with van der Waals surface area (Å²) in [4.78, 5) is 22.4. The van der Waals surface area contributed by atoms with Crippen LogP contribution >= 0.6 is 0 Å². The molecule has 0 aliphatic carbocycles. The lowest BCUT2D eigenvalue weighted by Crippen LogP contribution is -2.38. The monoisotopic (exact) mass is 200 g/mol. The molecule has 5 nitrogen and oxygen atoms in total. The van der Waals surface area contributed by atoms with E-state index >= 15 is 0 Å². The van der Waals surface area contributed by atoms with Crippen LogP contribution in [-0.2, 0) is 23.8 Å². The topological polar surface area (TPSA) is 61.8 Å². The molecule has 0 radical (unpaired) electrons. The fraction of sp³-hybridized carbons (Fsp3) is 0.556. The summed E-state index contributed by atoms with van der Waals surface area (Å²) >= 11 is 0. The molecule has 0 aromatic heterocycles. The molecule has 1 aliphatic rings. The van der Waals surface area contributed by atoms with Crippen LogP contribution in [0.25, 0.3) is 0 Å². The summed E-state index contributed by atoms with van der Waals surface area (Å²) in [5, 5.41) is 0. The number of carbonyl (C=O) groups is 2. The first kappa shape index (κ1) is 10.6. The van der Waals surface area contributed by atoms with Crippen molar-refractivity contribution in [1.82, 2.24) is 0 Å². The lowest BCUT2D eigenvalue weighted by Gasteiger charge is -2.18. The fourth-order valence-corrected chi connectivity index (χ4v) is 1.02. The van der Waals surface area contributed by atoms with E-state index in [9.17, 15) is 9.59 Å². The molecule has 0 amide bonds. The predicted octanol–water partition coefficient (Wildman–Crippen LogP) is 0.743. The number of rotatable bonds is 2. The maximum Gasteiger partial charge on any atom is 0.392 e. The van der Waals surface area contributed by atoms with Gasteiger partial charge in [0.05, 0.1) is 6.61 Å². The Kier molecular flexibility index (Phi) is 2.78. The molecule has 1 fully saturated rings. The van der Waals surface area contributed by atoms with Gasteiger partial charge in [-0.1, -0.05) is 0 Å². The Balaban J connectivity index is 2.80. The van der Waals surface area contributed by atoms with Crippen LogP contribution < -0.4 is 0 Å². The maximum absolute atomic E-state index is 11.3. The molecular weight excluding hydrogens is 188 g/mol. The van der Waals surface area contributed by atoms with Crippen LogP contribution in [0, 0.1) is 0 Å². The number of carbonyl (C=O) groups excluding carboxylic acids is 2. The summed E-state index contributed by atoms with van der Waals surface area (Å²) in [5.41, 5.74) is 0. The molecule has 78 valence electrons. The van der Waals surface area contributed by atoms with E-state index in [2.05, 4.69) is 0 Å². The third-order valence-electron chi connectivity index (χ3n) is 1.70. The van der Waals surface area contributed by atoms with Crippen molar-refractivity contribution < 1.29 is 23.8 Å². The van der Waals surface area contributed by atoms with Crippen LogP contribution in [0.4, 0.5) is 0 Å². The Morgan fingerprint density at radius 3 is 2.64 bits per heavy atom. The summed E-state index contributed by atoms with van der Waals surface area (Å²) in [5.74, 6) is -2.96. The second-order valence-corrected chi connectivity index (χ2v) is 2.81. The van der Waals surface area contributed by atoms with Gasteiger partial charge in [-0.25, -0.2) is 9.59 Å². The molecule has 0 spiro atoms. The number of allylic oxidation sites excluding steroid dienone is 1. The van der Waals surface area contributed by atoms with E-state index in [1.165, 1.54) is 13.0 Å². The zero-order valence-corrected chi connectivity index (χ0v) is 8.33. The van der Waals surface area contributed by atoms with Gasteiger partial charge in [-0.2, -0.15) is 0 Å². The van der Waals surface area contributed by atoms with Crippen molar-refractivity contribution in [3.05, 3.63) is 11.8 Å². The van der Waals surface area contributed by atoms with Gasteiger partial charge in [0.1, 0.15) is 0 Å². The molecule has 0 bridgehead atoms. The summed E-state index contributed by atoms with van der Waals surface area (Å²) < 4.78 is 14.5. The Hall–Kier alpha value is -1.52. The molecule has 0 aromatic carbocycles. The van der Waals surface area contributed by atoms with Crippen LogP contribution in [0.15, 0.2) is 11.8 Å². The van der Waals surface area contributed by atoms with Gasteiger partial charge in [0.2, 0.25) is 5.76 Å². The van der Waals surface area contributed by atoms with Crippen molar-refractivity contribution in [1.29, 1.82) is 0 Å². The highest BCUT2D eigenvalue weighted by Crippen LogP contribution is 2.28. The number of hydrogen-bond donors (Lipinski definition) is 0. The van der Waals surface area contributed by atoms with E-state index in [0.29, 0.717) is 0 Å². The molecule has 0 N–H and O–H groups in total. The smallest absolute Gasteiger partial charge is 0.392 e. The van der Waals surface area contributed by atoms with Gasteiger partial charge in [0.25, 0.3) is 0 Å². The molecule has 1 atom stereocenters. The number of hydrogen-bond acceptors (Lipinski definition) is 5. The van der Waals surface area contributed by atoms with Crippen molar-refractivity contribution in [2.75, 3.05) is 6.61 Å². The van der Waals surface area contributed by atoms with Crippen molar-refractivity contribution >= 4 is 11.9 Å². The number of esters is 2. The third-order valence-corrected chi connectivity index (χ3v) is 1.70. The lowest BCUT2D eigenvalue weighted by molar-refractivity contribution is -0.200. The molecule has 14 heavy (non-hydrogen) atoms. The minimum absolute atomic E-state index is 0.0283. The molecule has 1 rings (SSSR count). The van der Waals surface area contributed by atoms with E-state index in [-0.39, 0.29) is 12.4 Å². The normalized spacial score (nSPS) is 28.5. The summed E-state index contributed by atoms with van der Waals surface area (Å²) in [6.45, 7) is 4.84. The Bertz CT molecular complexity index is 294. The fourth-order valence-electron chi connectivity index (χ4n) is 1.02. The van der Waals surface area contributed by atoms with Crippen molar-refractivity contribution in [3.63, 3.8) is 0 Å². The first-order valence-corrected chi connectivity index (χ1v) is 4.29. The van der Waals surface area contributed by atoms with E-state index < -0.39 is 17.7 Å². The minimum atomic E-state index is -1.63. The minimum Gasteiger partial charge on any atom is -0.460 e. The maximum atomic E-state index is 11.3. The highest BCUT2D eigenvalue weighted by Gasteiger charge is 2.49. The first-order chi connectivity index (χ1) is 6.53. The number of cyclic esters (lactones) is 1. The van der Waals surface area contributed by atoms with E-state index in [1.807, 2.05) is 0 Å². The quantitative estimate of drug-likeness (QED) is 0.486. The molecule has 1 unspecified atom stereocenters. The van der Waals surface area contributed by atoms with Gasteiger partial charge in [0, 0.05) is 6.92 Å². The van der Waals surface area contributed by atoms with Crippen LogP contribution in [0.2, 0.25) is 0 Å². The Labute approximate surface area is 81.6 Å². The molecule has 1 heterocycles. The van der Waals surface area contributed by atoms with E-state index in [1.54, 1.807) is 13.8 Å². The third kappa shape index (κ3) is 1.71. The molecule has 5 heteroatoms. The van der Waals surface area contributed by atoms with Crippen LogP contribution in [0.3, 0.4) is 0 Å². The molecular formula is C9H12O5. The Morgan fingerprint density at radius 1 is 1.57 bits per heavy atom. The van der Waals surface area contributed by atoms with Crippen molar-refractivity contribution in [2.45, 2.75) is 26.6 Å². The zero-order chi connectivity index (χ0) is 10.8. The van der Waals surface area contributed by atoms with E-state index in [0.717, 1.165) is 0 Å². The zero-order valence-electron chi connectivity index (χ0n) is 8.33. The average molecular weight is 200 g/mol. The van der Waals surface area contributed by atoms with Crippen molar-refractivity contribution in [2.24, 2.45) is 0 Å². The standard InChI is InChI=1S/C9H12O5/c1-4-6-7(10)14-9(3,13-6)8(11)12-5-2/h4H,5H2,1-3H3/b6-4-.